The van der Waals surface area contributed by atoms with E-state index in [4.69, 9.17) is 4.74 Å². The number of hydrogen-bond acceptors (Lipinski definition) is 3. The fourth-order valence-electron chi connectivity index (χ4n) is 2.63. The highest BCUT2D eigenvalue weighted by atomic mass is 127. The smallest absolute Gasteiger partial charge is 0.251 e. The highest BCUT2D eigenvalue weighted by Crippen LogP contribution is 2.11. The predicted molar refractivity (Wildman–Crippen MR) is 125 cm³/mol. The van der Waals surface area contributed by atoms with Crippen LogP contribution in [0.1, 0.15) is 22.8 Å². The minimum Gasteiger partial charge on any atom is -0.497 e. The molecule has 2 rings (SSSR count). The summed E-state index contributed by atoms with van der Waals surface area (Å²) in [4.78, 5) is 18.6. The van der Waals surface area contributed by atoms with Crippen molar-refractivity contribution in [1.82, 2.24) is 15.5 Å². The van der Waals surface area contributed by atoms with Crippen LogP contribution in [0, 0.1) is 5.82 Å². The molecule has 0 aliphatic rings. The molecular formula is C21H28FIN4O2. The summed E-state index contributed by atoms with van der Waals surface area (Å²) in [7, 11) is 3.47. The summed E-state index contributed by atoms with van der Waals surface area (Å²) in [6.45, 7) is 4.06. The van der Waals surface area contributed by atoms with Crippen molar-refractivity contribution in [3.05, 3.63) is 65.5 Å². The Kier molecular flexibility index (Phi) is 11.0. The second kappa shape index (κ2) is 13.0. The standard InChI is InChI=1S/C21H27FN4O2.HI/c1-4-23-21(26(2)15-16-6-5-7-18(22)14-16)25-13-12-24-20(27)17-8-10-19(28-3)11-9-17;/h5-11,14H,4,12-13,15H2,1-3H3,(H,23,25)(H,24,27);1H. The molecular weight excluding hydrogens is 486 g/mol. The van der Waals surface area contributed by atoms with Gasteiger partial charge in [0.1, 0.15) is 11.6 Å². The Balaban J connectivity index is 0.00000420. The van der Waals surface area contributed by atoms with Crippen LogP contribution < -0.4 is 15.4 Å². The van der Waals surface area contributed by atoms with Crippen molar-refractivity contribution in [3.8, 4) is 5.75 Å². The lowest BCUT2D eigenvalue weighted by molar-refractivity contribution is 0.0954. The van der Waals surface area contributed by atoms with Crippen molar-refractivity contribution in [2.24, 2.45) is 4.99 Å². The van der Waals surface area contributed by atoms with Crippen molar-refractivity contribution in [2.75, 3.05) is 33.8 Å². The van der Waals surface area contributed by atoms with Gasteiger partial charge in [-0.2, -0.15) is 0 Å². The van der Waals surface area contributed by atoms with Crippen molar-refractivity contribution < 1.29 is 13.9 Å². The number of rotatable bonds is 8. The number of benzene rings is 2. The zero-order chi connectivity index (χ0) is 20.4. The van der Waals surface area contributed by atoms with E-state index < -0.39 is 0 Å². The summed E-state index contributed by atoms with van der Waals surface area (Å²) in [5.41, 5.74) is 1.43. The van der Waals surface area contributed by atoms with Gasteiger partial charge in [-0.25, -0.2) is 4.39 Å². The van der Waals surface area contributed by atoms with Crippen LogP contribution in [-0.4, -0.2) is 50.6 Å². The molecule has 6 nitrogen and oxygen atoms in total. The maximum atomic E-state index is 13.4. The van der Waals surface area contributed by atoms with Crippen LogP contribution in [0.15, 0.2) is 53.5 Å². The molecule has 158 valence electrons. The van der Waals surface area contributed by atoms with Gasteiger partial charge in [0.2, 0.25) is 0 Å². The van der Waals surface area contributed by atoms with E-state index >= 15 is 0 Å². The van der Waals surface area contributed by atoms with Gasteiger partial charge >= 0.3 is 0 Å². The van der Waals surface area contributed by atoms with Crippen LogP contribution >= 0.6 is 24.0 Å². The molecule has 2 aromatic rings. The molecule has 0 bridgehead atoms. The molecule has 29 heavy (non-hydrogen) atoms. The Labute approximate surface area is 188 Å². The van der Waals surface area contributed by atoms with Gasteiger partial charge in [-0.05, 0) is 48.9 Å². The van der Waals surface area contributed by atoms with Crippen LogP contribution in [0.3, 0.4) is 0 Å². The van der Waals surface area contributed by atoms with Crippen LogP contribution in [0.2, 0.25) is 0 Å². The molecule has 0 fully saturated rings. The van der Waals surface area contributed by atoms with Gasteiger partial charge in [-0.3, -0.25) is 9.79 Å². The molecule has 0 saturated heterocycles. The molecule has 0 unspecified atom stereocenters. The van der Waals surface area contributed by atoms with E-state index in [1.165, 1.54) is 12.1 Å². The lowest BCUT2D eigenvalue weighted by Gasteiger charge is -2.22. The molecule has 2 N–H and O–H groups in total. The Morgan fingerprint density at radius 1 is 1.17 bits per heavy atom. The highest BCUT2D eigenvalue weighted by Gasteiger charge is 2.08. The molecule has 0 spiro atoms. The number of ether oxygens (including phenoxy) is 1. The number of carbonyl (C=O) groups excluding carboxylic acids is 1. The fourth-order valence-corrected chi connectivity index (χ4v) is 2.63. The Morgan fingerprint density at radius 3 is 2.52 bits per heavy atom. The average Bonchev–Trinajstić information content (AvgIpc) is 2.70. The highest BCUT2D eigenvalue weighted by molar-refractivity contribution is 14.0. The number of hydrogen-bond donors (Lipinski definition) is 2. The number of methoxy groups -OCH3 is 1. The number of nitrogens with one attached hydrogen (secondary N) is 2. The van der Waals surface area contributed by atoms with Gasteiger partial charge < -0.3 is 20.3 Å². The molecule has 0 atom stereocenters. The van der Waals surface area contributed by atoms with Gasteiger partial charge in [-0.15, -0.1) is 24.0 Å². The maximum absolute atomic E-state index is 13.4. The molecule has 1 amide bonds. The van der Waals surface area contributed by atoms with E-state index in [0.717, 1.165) is 5.56 Å². The normalized spacial score (nSPS) is 10.7. The van der Waals surface area contributed by atoms with Gasteiger partial charge in [0.05, 0.1) is 13.7 Å². The molecule has 0 saturated carbocycles. The Morgan fingerprint density at radius 2 is 1.90 bits per heavy atom. The third-order valence-electron chi connectivity index (χ3n) is 4.02. The van der Waals surface area contributed by atoms with Gasteiger partial charge in [0.15, 0.2) is 5.96 Å². The summed E-state index contributed by atoms with van der Waals surface area (Å²) in [6, 6.07) is 13.4. The molecule has 0 radical (unpaired) electrons. The van der Waals surface area contributed by atoms with E-state index in [-0.39, 0.29) is 35.7 Å². The molecule has 0 aliphatic carbocycles. The average molecular weight is 514 g/mol. The summed E-state index contributed by atoms with van der Waals surface area (Å²) >= 11 is 0. The summed E-state index contributed by atoms with van der Waals surface area (Å²) < 4.78 is 18.4. The van der Waals surface area contributed by atoms with Crippen LogP contribution in [0.4, 0.5) is 4.39 Å². The monoisotopic (exact) mass is 514 g/mol. The van der Waals surface area contributed by atoms with Crippen LogP contribution in [-0.2, 0) is 6.54 Å². The molecule has 8 heteroatoms. The summed E-state index contributed by atoms with van der Waals surface area (Å²) in [5, 5.41) is 6.05. The fraction of sp³-hybridized carbons (Fsp3) is 0.333. The van der Waals surface area contributed by atoms with E-state index in [0.29, 0.717) is 43.5 Å². The second-order valence-electron chi connectivity index (χ2n) is 6.21. The van der Waals surface area contributed by atoms with Crippen molar-refractivity contribution >= 4 is 35.8 Å². The van der Waals surface area contributed by atoms with Crippen molar-refractivity contribution in [2.45, 2.75) is 13.5 Å². The Hall–Kier alpha value is -2.36. The number of nitrogens with zero attached hydrogens (tertiary/aromatic N) is 2. The van der Waals surface area contributed by atoms with Crippen molar-refractivity contribution in [1.29, 1.82) is 0 Å². The first-order valence-corrected chi connectivity index (χ1v) is 9.19. The second-order valence-corrected chi connectivity index (χ2v) is 6.21. The third-order valence-corrected chi connectivity index (χ3v) is 4.02. The number of amides is 1. The quantitative estimate of drug-likeness (QED) is 0.246. The zero-order valence-electron chi connectivity index (χ0n) is 16.9. The first-order chi connectivity index (χ1) is 13.5. The predicted octanol–water partition coefficient (Wildman–Crippen LogP) is 3.28. The van der Waals surface area contributed by atoms with Gasteiger partial charge in [-0.1, -0.05) is 12.1 Å². The molecule has 2 aromatic carbocycles. The first kappa shape index (κ1) is 24.7. The Bertz CT molecular complexity index is 800. The third kappa shape index (κ3) is 8.26. The minimum absolute atomic E-state index is 0. The van der Waals surface area contributed by atoms with E-state index in [9.17, 15) is 9.18 Å². The number of halogens is 2. The number of guanidine groups is 1. The first-order valence-electron chi connectivity index (χ1n) is 9.19. The summed E-state index contributed by atoms with van der Waals surface area (Å²) in [5.74, 6) is 0.994. The van der Waals surface area contributed by atoms with Crippen molar-refractivity contribution in [3.63, 3.8) is 0 Å². The topological polar surface area (TPSA) is 66.0 Å². The zero-order valence-corrected chi connectivity index (χ0v) is 19.3. The molecule has 0 aromatic heterocycles. The lowest BCUT2D eigenvalue weighted by Crippen LogP contribution is -2.39. The van der Waals surface area contributed by atoms with Gasteiger partial charge in [0.25, 0.3) is 5.91 Å². The van der Waals surface area contributed by atoms with E-state index in [2.05, 4.69) is 15.6 Å². The molecule has 0 aliphatic heterocycles. The maximum Gasteiger partial charge on any atom is 0.251 e. The van der Waals surface area contributed by atoms with Crippen LogP contribution in [0.5, 0.6) is 5.75 Å². The van der Waals surface area contributed by atoms with E-state index in [1.807, 2.05) is 24.9 Å². The van der Waals surface area contributed by atoms with E-state index in [1.54, 1.807) is 37.4 Å². The lowest BCUT2D eigenvalue weighted by atomic mass is 10.2. The van der Waals surface area contributed by atoms with Crippen LogP contribution in [0.25, 0.3) is 0 Å². The number of aliphatic imine (C=N–C) groups is 1. The number of carbonyl (C=O) groups is 1. The largest absolute Gasteiger partial charge is 0.497 e. The minimum atomic E-state index is -0.255. The SMILES string of the molecule is CCNC(=NCCNC(=O)c1ccc(OC)cc1)N(C)Cc1cccc(F)c1.I. The summed E-state index contributed by atoms with van der Waals surface area (Å²) in [6.07, 6.45) is 0. The van der Waals surface area contributed by atoms with Gasteiger partial charge in [0, 0.05) is 32.2 Å². The molecule has 0 heterocycles.